The Morgan fingerprint density at radius 1 is 0.741 bits per heavy atom. The van der Waals surface area contributed by atoms with Crippen LogP contribution < -0.4 is 0 Å². The van der Waals surface area contributed by atoms with Gasteiger partial charge in [-0.2, -0.15) is 0 Å². The summed E-state index contributed by atoms with van der Waals surface area (Å²) in [6.07, 6.45) is -0.994. The summed E-state index contributed by atoms with van der Waals surface area (Å²) in [6.45, 7) is 0. The molecule has 3 rings (SSSR count). The number of rotatable bonds is 6. The second kappa shape index (κ2) is 9.11. The fraction of sp³-hybridized carbons (Fsp3) is 0.0909. The first kappa shape index (κ1) is 19.5. The van der Waals surface area contributed by atoms with Crippen LogP contribution in [0.5, 0.6) is 0 Å². The molecule has 2 atom stereocenters. The number of alkyl halides is 1. The fourth-order valence-corrected chi connectivity index (χ4v) is 3.51. The van der Waals surface area contributed by atoms with Crippen LogP contribution in [0.4, 0.5) is 0 Å². The quantitative estimate of drug-likeness (QED) is 0.243. The number of halogens is 2. The molecule has 0 fully saturated rings. The Labute approximate surface area is 174 Å². The first-order chi connectivity index (χ1) is 13.1. The van der Waals surface area contributed by atoms with Crippen LogP contribution in [-0.2, 0) is 4.74 Å². The monoisotopic (exact) mass is 486 g/mol. The Kier molecular flexibility index (Phi) is 6.58. The van der Waals surface area contributed by atoms with Crippen molar-refractivity contribution >= 4 is 43.6 Å². The normalized spacial score (nSPS) is 12.8. The number of Topliss-reactive ketones (excluding diaryl/α,β-unsaturated/α-hetero) is 1. The Hall–Kier alpha value is -2.24. The smallest absolute Gasteiger partial charge is 0.338 e. The van der Waals surface area contributed by atoms with E-state index < -0.39 is 16.9 Å². The largest absolute Gasteiger partial charge is 0.449 e. The number of ketones is 1. The van der Waals surface area contributed by atoms with Crippen molar-refractivity contribution in [2.45, 2.75) is 10.9 Å². The molecule has 5 heteroatoms. The van der Waals surface area contributed by atoms with Gasteiger partial charge < -0.3 is 4.74 Å². The van der Waals surface area contributed by atoms with Crippen molar-refractivity contribution in [3.05, 3.63) is 106 Å². The fourth-order valence-electron chi connectivity index (χ4n) is 2.59. The van der Waals surface area contributed by atoms with E-state index in [1.165, 1.54) is 0 Å². The summed E-state index contributed by atoms with van der Waals surface area (Å²) < 4.78 is 6.52. The third-order valence-corrected chi connectivity index (χ3v) is 5.55. The van der Waals surface area contributed by atoms with Crippen LogP contribution in [0.1, 0.15) is 31.1 Å². The van der Waals surface area contributed by atoms with Crippen LogP contribution in [0.3, 0.4) is 0 Å². The minimum Gasteiger partial charge on any atom is -0.449 e. The van der Waals surface area contributed by atoms with Crippen molar-refractivity contribution in [3.8, 4) is 0 Å². The highest BCUT2D eigenvalue weighted by Crippen LogP contribution is 2.31. The van der Waals surface area contributed by atoms with Crippen LogP contribution in [0.15, 0.2) is 89.4 Å². The van der Waals surface area contributed by atoms with Gasteiger partial charge in [-0.25, -0.2) is 4.79 Å². The molecular weight excluding hydrogens is 472 g/mol. The maximum absolute atomic E-state index is 13.1. The van der Waals surface area contributed by atoms with Gasteiger partial charge in [-0.05, 0) is 29.8 Å². The molecule has 0 heterocycles. The second-order valence-electron chi connectivity index (χ2n) is 5.88. The first-order valence-electron chi connectivity index (χ1n) is 8.31. The Bertz CT molecular complexity index is 909. The Balaban J connectivity index is 1.90. The van der Waals surface area contributed by atoms with Crippen molar-refractivity contribution in [3.63, 3.8) is 0 Å². The number of hydrogen-bond acceptors (Lipinski definition) is 3. The molecule has 0 radical (unpaired) electrons. The summed E-state index contributed by atoms with van der Waals surface area (Å²) in [5.74, 6) is -0.802. The summed E-state index contributed by atoms with van der Waals surface area (Å²) in [5, 5.41) is 0. The molecule has 3 aromatic rings. The zero-order valence-electron chi connectivity index (χ0n) is 14.2. The lowest BCUT2D eigenvalue weighted by Crippen LogP contribution is -2.31. The predicted molar refractivity (Wildman–Crippen MR) is 112 cm³/mol. The topological polar surface area (TPSA) is 43.4 Å². The van der Waals surface area contributed by atoms with Crippen molar-refractivity contribution in [2.24, 2.45) is 0 Å². The summed E-state index contributed by atoms with van der Waals surface area (Å²) in [5.41, 5.74) is 1.73. The Morgan fingerprint density at radius 3 is 1.89 bits per heavy atom. The lowest BCUT2D eigenvalue weighted by molar-refractivity contribution is 0.0282. The van der Waals surface area contributed by atoms with Crippen molar-refractivity contribution in [1.82, 2.24) is 0 Å². The molecule has 3 nitrogen and oxygen atoms in total. The zero-order chi connectivity index (χ0) is 19.2. The molecule has 3 aromatic carbocycles. The molecule has 0 aliphatic carbocycles. The second-order valence-corrected chi connectivity index (χ2v) is 7.78. The van der Waals surface area contributed by atoms with E-state index in [2.05, 4.69) is 31.9 Å². The van der Waals surface area contributed by atoms with Gasteiger partial charge in [0.05, 0.1) is 10.4 Å². The van der Waals surface area contributed by atoms with Gasteiger partial charge >= 0.3 is 5.97 Å². The van der Waals surface area contributed by atoms with Gasteiger partial charge in [-0.1, -0.05) is 92.5 Å². The minimum atomic E-state index is -0.994. The van der Waals surface area contributed by atoms with E-state index in [4.69, 9.17) is 4.74 Å². The lowest BCUT2D eigenvalue weighted by Gasteiger charge is -2.22. The first-order valence-corrected chi connectivity index (χ1v) is 10.0. The standard InChI is InChI=1S/C22H16Br2O3/c23-18-13-11-17(12-14-18)22(26)27-21(19(24)15-7-3-1-4-8-15)20(25)16-9-5-2-6-10-16/h1-14,19,21H/t19-,21-/m0/s1. The third-order valence-electron chi connectivity index (χ3n) is 4.01. The van der Waals surface area contributed by atoms with Gasteiger partial charge in [0.25, 0.3) is 0 Å². The van der Waals surface area contributed by atoms with Gasteiger partial charge in [-0.3, -0.25) is 4.79 Å². The molecular formula is C22H16Br2O3. The maximum Gasteiger partial charge on any atom is 0.338 e. The molecule has 0 unspecified atom stereocenters. The summed E-state index contributed by atoms with van der Waals surface area (Å²) >= 11 is 6.90. The minimum absolute atomic E-state index is 0.258. The lowest BCUT2D eigenvalue weighted by atomic mass is 9.99. The van der Waals surface area contributed by atoms with E-state index in [1.807, 2.05) is 36.4 Å². The van der Waals surface area contributed by atoms with Gasteiger partial charge in [0.2, 0.25) is 5.78 Å². The van der Waals surface area contributed by atoms with E-state index in [0.29, 0.717) is 11.1 Å². The molecule has 0 aliphatic heterocycles. The summed E-state index contributed by atoms with van der Waals surface area (Å²) in [7, 11) is 0. The molecule has 27 heavy (non-hydrogen) atoms. The van der Waals surface area contributed by atoms with Crippen molar-refractivity contribution in [1.29, 1.82) is 0 Å². The number of hydrogen-bond donors (Lipinski definition) is 0. The number of esters is 1. The molecule has 0 saturated heterocycles. The molecule has 0 aliphatic rings. The van der Waals surface area contributed by atoms with Crippen LogP contribution in [-0.4, -0.2) is 17.9 Å². The van der Waals surface area contributed by atoms with Gasteiger partial charge in [0, 0.05) is 10.0 Å². The average molecular weight is 488 g/mol. The van der Waals surface area contributed by atoms with Crippen LogP contribution in [0.2, 0.25) is 0 Å². The highest BCUT2D eigenvalue weighted by Gasteiger charge is 2.32. The zero-order valence-corrected chi connectivity index (χ0v) is 17.4. The average Bonchev–Trinajstić information content (AvgIpc) is 2.72. The molecule has 0 spiro atoms. The number of ether oxygens (including phenoxy) is 1. The molecule has 0 saturated carbocycles. The van der Waals surface area contributed by atoms with Crippen LogP contribution in [0.25, 0.3) is 0 Å². The van der Waals surface area contributed by atoms with Gasteiger partial charge in [0.1, 0.15) is 0 Å². The van der Waals surface area contributed by atoms with E-state index in [0.717, 1.165) is 10.0 Å². The van der Waals surface area contributed by atoms with Crippen LogP contribution >= 0.6 is 31.9 Å². The van der Waals surface area contributed by atoms with Crippen LogP contribution in [0, 0.1) is 0 Å². The molecule has 136 valence electrons. The van der Waals surface area contributed by atoms with E-state index in [1.54, 1.807) is 48.5 Å². The number of benzene rings is 3. The highest BCUT2D eigenvalue weighted by molar-refractivity contribution is 9.10. The highest BCUT2D eigenvalue weighted by atomic mass is 79.9. The molecule has 0 bridgehead atoms. The number of carbonyl (C=O) groups is 2. The summed E-state index contributed by atoms with van der Waals surface area (Å²) in [6, 6.07) is 25.1. The van der Waals surface area contributed by atoms with E-state index >= 15 is 0 Å². The Morgan fingerprint density at radius 2 is 1.30 bits per heavy atom. The van der Waals surface area contributed by atoms with Gasteiger partial charge in [0.15, 0.2) is 6.10 Å². The van der Waals surface area contributed by atoms with Crippen molar-refractivity contribution in [2.75, 3.05) is 0 Å². The maximum atomic E-state index is 13.1. The van der Waals surface area contributed by atoms with E-state index in [9.17, 15) is 9.59 Å². The third kappa shape index (κ3) is 4.93. The molecule has 0 amide bonds. The van der Waals surface area contributed by atoms with Gasteiger partial charge in [-0.15, -0.1) is 0 Å². The molecule has 0 N–H and O–H groups in total. The SMILES string of the molecule is O=C(O[C@H](C(=O)c1ccccc1)[C@@H](Br)c1ccccc1)c1ccc(Br)cc1. The van der Waals surface area contributed by atoms with E-state index in [-0.39, 0.29) is 5.78 Å². The number of carbonyl (C=O) groups excluding carboxylic acids is 2. The molecule has 0 aromatic heterocycles. The van der Waals surface area contributed by atoms with Crippen molar-refractivity contribution < 1.29 is 14.3 Å². The predicted octanol–water partition coefficient (Wildman–Crippen LogP) is 5.99. The summed E-state index contributed by atoms with van der Waals surface area (Å²) in [4.78, 5) is 25.2.